The van der Waals surface area contributed by atoms with E-state index >= 15 is 0 Å². The zero-order valence-corrected chi connectivity index (χ0v) is 13.4. The summed E-state index contributed by atoms with van der Waals surface area (Å²) in [5.41, 5.74) is -0.309. The van der Waals surface area contributed by atoms with Gasteiger partial charge in [0, 0.05) is 29.2 Å². The SMILES string of the molecule is CS(=O)(=O)c1ccc(SCC2Cn3ccc(=O)nc3O2)cc1. The van der Waals surface area contributed by atoms with Crippen LogP contribution in [0.3, 0.4) is 0 Å². The van der Waals surface area contributed by atoms with E-state index in [-0.39, 0.29) is 11.7 Å². The molecule has 1 aromatic heterocycles. The van der Waals surface area contributed by atoms with E-state index in [0.717, 1.165) is 4.90 Å². The van der Waals surface area contributed by atoms with E-state index in [1.165, 1.54) is 12.3 Å². The third-order valence-electron chi connectivity index (χ3n) is 3.21. The molecular formula is C14H14N2O4S2. The van der Waals surface area contributed by atoms with E-state index in [0.29, 0.717) is 23.2 Å². The Morgan fingerprint density at radius 3 is 2.73 bits per heavy atom. The average molecular weight is 338 g/mol. The number of hydrogen-bond acceptors (Lipinski definition) is 6. The summed E-state index contributed by atoms with van der Waals surface area (Å²) < 4.78 is 30.2. The van der Waals surface area contributed by atoms with Crippen LogP contribution in [0.2, 0.25) is 0 Å². The lowest BCUT2D eigenvalue weighted by Crippen LogP contribution is -2.17. The lowest BCUT2D eigenvalue weighted by Gasteiger charge is -2.08. The molecule has 0 fully saturated rings. The highest BCUT2D eigenvalue weighted by Gasteiger charge is 2.23. The van der Waals surface area contributed by atoms with Gasteiger partial charge in [0.15, 0.2) is 9.84 Å². The van der Waals surface area contributed by atoms with Crippen LogP contribution in [0.15, 0.2) is 51.1 Å². The highest BCUT2D eigenvalue weighted by Crippen LogP contribution is 2.25. The fraction of sp³-hybridized carbons (Fsp3) is 0.286. The van der Waals surface area contributed by atoms with E-state index in [1.807, 2.05) is 0 Å². The zero-order chi connectivity index (χ0) is 15.7. The Balaban J connectivity index is 1.61. The van der Waals surface area contributed by atoms with Crippen LogP contribution in [0.1, 0.15) is 0 Å². The first-order chi connectivity index (χ1) is 10.4. The molecule has 0 spiro atoms. The number of sulfone groups is 1. The van der Waals surface area contributed by atoms with Gasteiger partial charge in [-0.1, -0.05) is 0 Å². The van der Waals surface area contributed by atoms with Gasteiger partial charge in [0.25, 0.3) is 11.6 Å². The van der Waals surface area contributed by atoms with E-state index in [4.69, 9.17) is 4.74 Å². The van der Waals surface area contributed by atoms with Gasteiger partial charge in [-0.15, -0.1) is 11.8 Å². The summed E-state index contributed by atoms with van der Waals surface area (Å²) in [5, 5.41) is 0. The van der Waals surface area contributed by atoms with Crippen molar-refractivity contribution in [2.24, 2.45) is 0 Å². The van der Waals surface area contributed by atoms with E-state index in [9.17, 15) is 13.2 Å². The van der Waals surface area contributed by atoms with Crippen LogP contribution in [0.5, 0.6) is 6.01 Å². The molecule has 1 aromatic carbocycles. The van der Waals surface area contributed by atoms with Gasteiger partial charge in [-0.05, 0) is 24.3 Å². The average Bonchev–Trinajstić information content (AvgIpc) is 2.86. The lowest BCUT2D eigenvalue weighted by atomic mass is 10.4. The Bertz CT molecular complexity index is 844. The minimum atomic E-state index is -3.17. The van der Waals surface area contributed by atoms with Crippen LogP contribution in [0.25, 0.3) is 0 Å². The van der Waals surface area contributed by atoms with Crippen molar-refractivity contribution in [3.8, 4) is 6.01 Å². The third kappa shape index (κ3) is 3.33. The second-order valence-corrected chi connectivity index (χ2v) is 8.10. The standard InChI is InChI=1S/C14H14N2O4S2/c1-22(18,19)12-4-2-11(3-5-12)21-9-10-8-16-7-6-13(17)15-14(16)20-10/h2-7,10H,8-9H2,1H3. The van der Waals surface area contributed by atoms with Crippen molar-refractivity contribution in [1.82, 2.24) is 9.55 Å². The monoisotopic (exact) mass is 338 g/mol. The molecule has 116 valence electrons. The van der Waals surface area contributed by atoms with Crippen LogP contribution in [0, 0.1) is 0 Å². The van der Waals surface area contributed by atoms with Gasteiger partial charge in [0.2, 0.25) is 0 Å². The lowest BCUT2D eigenvalue weighted by molar-refractivity contribution is 0.250. The maximum atomic E-state index is 11.4. The molecule has 0 aliphatic carbocycles. The fourth-order valence-corrected chi connectivity index (χ4v) is 3.62. The number of fused-ring (bicyclic) bond motifs is 1. The molecule has 22 heavy (non-hydrogen) atoms. The number of hydrogen-bond donors (Lipinski definition) is 0. The molecule has 1 unspecified atom stereocenters. The van der Waals surface area contributed by atoms with Gasteiger partial charge in [-0.2, -0.15) is 4.98 Å². The summed E-state index contributed by atoms with van der Waals surface area (Å²) in [5.74, 6) is 0.690. The molecule has 1 aliphatic heterocycles. The minimum absolute atomic E-state index is 0.0612. The van der Waals surface area contributed by atoms with E-state index < -0.39 is 9.84 Å². The Morgan fingerprint density at radius 2 is 2.05 bits per heavy atom. The first-order valence-corrected chi connectivity index (χ1v) is 9.46. The molecule has 0 bridgehead atoms. The van der Waals surface area contributed by atoms with Crippen molar-refractivity contribution >= 4 is 21.6 Å². The predicted octanol–water partition coefficient (Wildman–Crippen LogP) is 1.20. The number of thioether (sulfide) groups is 1. The minimum Gasteiger partial charge on any atom is -0.458 e. The molecule has 1 aliphatic rings. The predicted molar refractivity (Wildman–Crippen MR) is 83.2 cm³/mol. The number of rotatable bonds is 4. The van der Waals surface area contributed by atoms with Crippen molar-refractivity contribution in [2.75, 3.05) is 12.0 Å². The third-order valence-corrected chi connectivity index (χ3v) is 5.48. The van der Waals surface area contributed by atoms with Crippen LogP contribution in [0.4, 0.5) is 0 Å². The van der Waals surface area contributed by atoms with Crippen molar-refractivity contribution in [2.45, 2.75) is 22.4 Å². The molecule has 8 heteroatoms. The molecule has 2 aromatic rings. The van der Waals surface area contributed by atoms with Crippen molar-refractivity contribution < 1.29 is 13.2 Å². The topological polar surface area (TPSA) is 78.3 Å². The summed E-state index contributed by atoms with van der Waals surface area (Å²) >= 11 is 1.57. The summed E-state index contributed by atoms with van der Waals surface area (Å²) in [7, 11) is -3.17. The van der Waals surface area contributed by atoms with Crippen LogP contribution < -0.4 is 10.3 Å². The molecule has 0 saturated carbocycles. The Kier molecular flexibility index (Phi) is 3.96. The van der Waals surface area contributed by atoms with Gasteiger partial charge in [0.1, 0.15) is 6.10 Å². The largest absolute Gasteiger partial charge is 0.458 e. The van der Waals surface area contributed by atoms with Gasteiger partial charge >= 0.3 is 0 Å². The molecule has 0 N–H and O–H groups in total. The number of benzene rings is 1. The zero-order valence-electron chi connectivity index (χ0n) is 11.8. The maximum absolute atomic E-state index is 11.4. The van der Waals surface area contributed by atoms with Crippen molar-refractivity contribution in [1.29, 1.82) is 0 Å². The highest BCUT2D eigenvalue weighted by molar-refractivity contribution is 7.99. The van der Waals surface area contributed by atoms with Crippen LogP contribution in [-0.2, 0) is 16.4 Å². The first kappa shape index (κ1) is 15.1. The molecule has 0 amide bonds. The summed E-state index contributed by atoms with van der Waals surface area (Å²) in [6.07, 6.45) is 2.80. The number of nitrogens with zero attached hydrogens (tertiary/aromatic N) is 2. The van der Waals surface area contributed by atoms with Gasteiger partial charge < -0.3 is 4.74 Å². The van der Waals surface area contributed by atoms with Crippen molar-refractivity contribution in [3.63, 3.8) is 0 Å². The first-order valence-electron chi connectivity index (χ1n) is 6.59. The molecular weight excluding hydrogens is 324 g/mol. The molecule has 1 atom stereocenters. The molecule has 0 radical (unpaired) electrons. The van der Waals surface area contributed by atoms with E-state index in [2.05, 4.69) is 4.98 Å². The second kappa shape index (κ2) is 5.77. The normalized spacial score (nSPS) is 17.0. The molecule has 2 heterocycles. The summed E-state index contributed by atoms with van der Waals surface area (Å²) in [4.78, 5) is 16.3. The fourth-order valence-electron chi connectivity index (χ4n) is 2.11. The summed E-state index contributed by atoms with van der Waals surface area (Å²) in [6.45, 7) is 0.650. The Hall–Kier alpha value is -1.80. The van der Waals surface area contributed by atoms with Crippen LogP contribution in [-0.4, -0.2) is 36.1 Å². The Morgan fingerprint density at radius 1 is 1.32 bits per heavy atom. The van der Waals surface area contributed by atoms with Gasteiger partial charge in [0.05, 0.1) is 11.4 Å². The summed E-state index contributed by atoms with van der Waals surface area (Å²) in [6, 6.07) is 8.52. The maximum Gasteiger partial charge on any atom is 0.300 e. The number of ether oxygens (including phenoxy) is 1. The van der Waals surface area contributed by atoms with Gasteiger partial charge in [-0.3, -0.25) is 9.36 Å². The smallest absolute Gasteiger partial charge is 0.300 e. The molecule has 0 saturated heterocycles. The van der Waals surface area contributed by atoms with E-state index in [1.54, 1.807) is 46.8 Å². The highest BCUT2D eigenvalue weighted by atomic mass is 32.2. The molecule has 3 rings (SSSR count). The quantitative estimate of drug-likeness (QED) is 0.780. The van der Waals surface area contributed by atoms with Crippen molar-refractivity contribution in [3.05, 3.63) is 46.9 Å². The second-order valence-electron chi connectivity index (χ2n) is 5.00. The van der Waals surface area contributed by atoms with Crippen LogP contribution >= 0.6 is 11.8 Å². The van der Waals surface area contributed by atoms with Gasteiger partial charge in [-0.25, -0.2) is 8.42 Å². The Labute approximate surface area is 132 Å². The number of aromatic nitrogens is 2. The molecule has 6 nitrogen and oxygen atoms in total.